The van der Waals surface area contributed by atoms with Gasteiger partial charge in [-0.05, 0) is 32.9 Å². The van der Waals surface area contributed by atoms with Gasteiger partial charge in [-0.15, -0.1) is 0 Å². The van der Waals surface area contributed by atoms with Gasteiger partial charge in [-0.3, -0.25) is 0 Å². The zero-order valence-electron chi connectivity index (χ0n) is 13.2. The van der Waals surface area contributed by atoms with Crippen LogP contribution in [0, 0.1) is 6.92 Å². The molecule has 0 saturated carbocycles. The zero-order valence-corrected chi connectivity index (χ0v) is 13.2. The lowest BCUT2D eigenvalue weighted by Gasteiger charge is -2.40. The Balaban J connectivity index is 2.24. The average Bonchev–Trinajstić information content (AvgIpc) is 2.43. The summed E-state index contributed by atoms with van der Waals surface area (Å²) in [6.07, 6.45) is 3.06. The lowest BCUT2D eigenvalue weighted by molar-refractivity contribution is 0.0170. The Kier molecular flexibility index (Phi) is 5.06. The molecule has 0 aromatic heterocycles. The van der Waals surface area contributed by atoms with Crippen molar-refractivity contribution in [1.29, 1.82) is 0 Å². The van der Waals surface area contributed by atoms with E-state index in [0.29, 0.717) is 6.04 Å². The van der Waals surface area contributed by atoms with Gasteiger partial charge < -0.3 is 14.8 Å². The van der Waals surface area contributed by atoms with Crippen molar-refractivity contribution in [2.75, 3.05) is 20.3 Å². The minimum Gasteiger partial charge on any atom is -0.487 e. The molecule has 1 heterocycles. The Labute approximate surface area is 122 Å². The van der Waals surface area contributed by atoms with Gasteiger partial charge >= 0.3 is 0 Å². The Hall–Kier alpha value is -1.06. The van der Waals surface area contributed by atoms with Crippen molar-refractivity contribution < 1.29 is 9.47 Å². The molecule has 0 saturated heterocycles. The monoisotopic (exact) mass is 277 g/mol. The van der Waals surface area contributed by atoms with E-state index in [2.05, 4.69) is 44.3 Å². The highest BCUT2D eigenvalue weighted by atomic mass is 16.5. The first-order chi connectivity index (χ1) is 9.58. The van der Waals surface area contributed by atoms with E-state index < -0.39 is 0 Å². The van der Waals surface area contributed by atoms with Crippen LogP contribution in [0.3, 0.4) is 0 Å². The summed E-state index contributed by atoms with van der Waals surface area (Å²) in [5.41, 5.74) is 2.44. The number of methoxy groups -OCH3 is 1. The van der Waals surface area contributed by atoms with Gasteiger partial charge in [0.25, 0.3) is 0 Å². The van der Waals surface area contributed by atoms with Crippen LogP contribution in [-0.4, -0.2) is 25.9 Å². The summed E-state index contributed by atoms with van der Waals surface area (Å²) in [5.74, 6) is 1.02. The number of fused-ring (bicyclic) bond motifs is 1. The fourth-order valence-corrected chi connectivity index (χ4v) is 2.85. The van der Waals surface area contributed by atoms with Gasteiger partial charge in [-0.25, -0.2) is 0 Å². The van der Waals surface area contributed by atoms with Crippen LogP contribution in [0.4, 0.5) is 0 Å². The van der Waals surface area contributed by atoms with E-state index in [-0.39, 0.29) is 5.60 Å². The average molecular weight is 277 g/mol. The number of hydrogen-bond acceptors (Lipinski definition) is 3. The number of aryl methyl sites for hydroxylation is 1. The standard InChI is InChI=1S/C17H27NO2/c1-5-9-18-15-12-17(3,8-10-19-4)20-16-7-6-13(2)11-14(15)16/h6-7,11,15,18H,5,8-10,12H2,1-4H3. The molecule has 3 heteroatoms. The molecule has 1 aliphatic heterocycles. The molecule has 0 spiro atoms. The van der Waals surface area contributed by atoms with Gasteiger partial charge in [0.05, 0.1) is 0 Å². The SMILES string of the molecule is CCCNC1CC(C)(CCOC)Oc2ccc(C)cc21. The smallest absolute Gasteiger partial charge is 0.124 e. The van der Waals surface area contributed by atoms with Crippen molar-refractivity contribution in [2.24, 2.45) is 0 Å². The highest BCUT2D eigenvalue weighted by Crippen LogP contribution is 2.41. The maximum absolute atomic E-state index is 6.27. The van der Waals surface area contributed by atoms with Gasteiger partial charge in [0.1, 0.15) is 11.4 Å². The third-order valence-corrected chi connectivity index (χ3v) is 4.01. The third kappa shape index (κ3) is 3.53. The summed E-state index contributed by atoms with van der Waals surface area (Å²) in [6, 6.07) is 6.85. The maximum atomic E-state index is 6.27. The maximum Gasteiger partial charge on any atom is 0.124 e. The number of hydrogen-bond donors (Lipinski definition) is 1. The van der Waals surface area contributed by atoms with E-state index in [9.17, 15) is 0 Å². The van der Waals surface area contributed by atoms with E-state index >= 15 is 0 Å². The van der Waals surface area contributed by atoms with Crippen molar-refractivity contribution in [3.63, 3.8) is 0 Å². The number of benzene rings is 1. The first kappa shape index (κ1) is 15.3. The third-order valence-electron chi connectivity index (χ3n) is 4.01. The molecule has 0 fully saturated rings. The van der Waals surface area contributed by atoms with Crippen LogP contribution < -0.4 is 10.1 Å². The predicted molar refractivity (Wildman–Crippen MR) is 82.4 cm³/mol. The molecule has 1 aromatic carbocycles. The van der Waals surface area contributed by atoms with Gasteiger partial charge in [-0.2, -0.15) is 0 Å². The summed E-state index contributed by atoms with van der Waals surface area (Å²) in [4.78, 5) is 0. The molecule has 2 atom stereocenters. The van der Waals surface area contributed by atoms with Gasteiger partial charge in [0.2, 0.25) is 0 Å². The quantitative estimate of drug-likeness (QED) is 0.861. The van der Waals surface area contributed by atoms with Crippen molar-refractivity contribution in [3.8, 4) is 5.75 Å². The number of rotatable bonds is 6. The summed E-state index contributed by atoms with van der Waals surface area (Å²) >= 11 is 0. The van der Waals surface area contributed by atoms with Crippen LogP contribution in [0.5, 0.6) is 5.75 Å². The lowest BCUT2D eigenvalue weighted by atomic mass is 9.86. The van der Waals surface area contributed by atoms with Gasteiger partial charge in [0.15, 0.2) is 0 Å². The molecule has 0 radical (unpaired) electrons. The molecule has 2 rings (SSSR count). The summed E-state index contributed by atoms with van der Waals surface area (Å²) in [5, 5.41) is 3.67. The van der Waals surface area contributed by atoms with E-state index in [4.69, 9.17) is 9.47 Å². The molecule has 0 amide bonds. The fourth-order valence-electron chi connectivity index (χ4n) is 2.85. The zero-order chi connectivity index (χ0) is 14.6. The van der Waals surface area contributed by atoms with Crippen LogP contribution in [0.2, 0.25) is 0 Å². The van der Waals surface area contributed by atoms with Crippen molar-refractivity contribution >= 4 is 0 Å². The second-order valence-electron chi connectivity index (χ2n) is 6.05. The molecule has 1 aliphatic rings. The summed E-state index contributed by atoms with van der Waals surface area (Å²) in [6.45, 7) is 8.30. The van der Waals surface area contributed by atoms with E-state index in [1.165, 1.54) is 11.1 Å². The van der Waals surface area contributed by atoms with Crippen LogP contribution in [-0.2, 0) is 4.74 Å². The molecule has 20 heavy (non-hydrogen) atoms. The molecule has 0 bridgehead atoms. The van der Waals surface area contributed by atoms with Gasteiger partial charge in [0, 0.05) is 38.2 Å². The second kappa shape index (κ2) is 6.59. The lowest BCUT2D eigenvalue weighted by Crippen LogP contribution is -2.42. The number of ether oxygens (including phenoxy) is 2. The van der Waals surface area contributed by atoms with Crippen LogP contribution >= 0.6 is 0 Å². The molecule has 1 aromatic rings. The second-order valence-corrected chi connectivity index (χ2v) is 6.05. The van der Waals surface area contributed by atoms with Gasteiger partial charge in [-0.1, -0.05) is 24.6 Å². The summed E-state index contributed by atoms with van der Waals surface area (Å²) in [7, 11) is 1.75. The minimum absolute atomic E-state index is 0.149. The van der Waals surface area contributed by atoms with Crippen LogP contribution in [0.25, 0.3) is 0 Å². The molecule has 0 aliphatic carbocycles. The Morgan fingerprint density at radius 1 is 1.45 bits per heavy atom. The van der Waals surface area contributed by atoms with E-state index in [1.807, 2.05) is 0 Å². The Morgan fingerprint density at radius 2 is 2.25 bits per heavy atom. The molecule has 112 valence electrons. The molecule has 2 unspecified atom stereocenters. The Morgan fingerprint density at radius 3 is 2.95 bits per heavy atom. The molecular formula is C17H27NO2. The van der Waals surface area contributed by atoms with Crippen molar-refractivity contribution in [1.82, 2.24) is 5.32 Å². The van der Waals surface area contributed by atoms with E-state index in [0.717, 1.165) is 38.2 Å². The summed E-state index contributed by atoms with van der Waals surface area (Å²) < 4.78 is 11.5. The Bertz CT molecular complexity index is 447. The fraction of sp³-hybridized carbons (Fsp3) is 0.647. The minimum atomic E-state index is -0.149. The van der Waals surface area contributed by atoms with Crippen LogP contribution in [0.1, 0.15) is 50.3 Å². The normalized spacial score (nSPS) is 25.1. The van der Waals surface area contributed by atoms with Crippen LogP contribution in [0.15, 0.2) is 18.2 Å². The highest BCUT2D eigenvalue weighted by Gasteiger charge is 2.36. The highest BCUT2D eigenvalue weighted by molar-refractivity contribution is 5.41. The number of nitrogens with one attached hydrogen (secondary N) is 1. The largest absolute Gasteiger partial charge is 0.487 e. The first-order valence-electron chi connectivity index (χ1n) is 7.60. The first-order valence-corrected chi connectivity index (χ1v) is 7.60. The van der Waals surface area contributed by atoms with Crippen molar-refractivity contribution in [3.05, 3.63) is 29.3 Å². The predicted octanol–water partition coefficient (Wildman–Crippen LogP) is 3.61. The molecular weight excluding hydrogens is 250 g/mol. The van der Waals surface area contributed by atoms with E-state index in [1.54, 1.807) is 7.11 Å². The molecule has 1 N–H and O–H groups in total. The molecule has 3 nitrogen and oxygen atoms in total. The van der Waals surface area contributed by atoms with Crippen molar-refractivity contribution in [2.45, 2.75) is 51.7 Å². The topological polar surface area (TPSA) is 30.5 Å².